The molecule has 220 valence electrons. The van der Waals surface area contributed by atoms with E-state index in [-0.39, 0.29) is 41.8 Å². The van der Waals surface area contributed by atoms with Crippen molar-refractivity contribution >= 4 is 39.7 Å². The van der Waals surface area contributed by atoms with E-state index in [0.29, 0.717) is 10.8 Å². The molecule has 0 heterocycles. The second-order valence-electron chi connectivity index (χ2n) is 11.1. The summed E-state index contributed by atoms with van der Waals surface area (Å²) in [5.41, 5.74) is 1.58. The summed E-state index contributed by atoms with van der Waals surface area (Å²) in [7, 11) is -5.41. The largest absolute Gasteiger partial charge is 0.437 e. The molecule has 0 fully saturated rings. The zero-order valence-electron chi connectivity index (χ0n) is 23.0. The number of nitriles is 1. The molecule has 0 aromatic carbocycles. The smallest absolute Gasteiger partial charge is 0.347 e. The molecule has 0 radical (unpaired) electrons. The number of allylic oxidation sites excluding steroid dienone is 2. The Kier molecular flexibility index (Phi) is 21.4. The number of nitrogens with one attached hydrogen (secondary N) is 1. The number of carbonyl (C=O) groups is 1. The summed E-state index contributed by atoms with van der Waals surface area (Å²) in [6.07, 6.45) is 1.88. The fourth-order valence-electron chi connectivity index (χ4n) is 3.40. The van der Waals surface area contributed by atoms with E-state index in [1.807, 2.05) is 57.8 Å². The molecule has 0 saturated heterocycles. The minimum Gasteiger partial charge on any atom is -0.437 e. The van der Waals surface area contributed by atoms with Crippen LogP contribution in [0.15, 0.2) is 34.7 Å². The Morgan fingerprint density at radius 3 is 1.68 bits per heavy atom. The van der Waals surface area contributed by atoms with Crippen molar-refractivity contribution in [2.24, 2.45) is 0 Å². The highest BCUT2D eigenvalue weighted by Gasteiger charge is 2.46. The summed E-state index contributed by atoms with van der Waals surface area (Å²) in [5, 5.41) is 13.2. The van der Waals surface area contributed by atoms with Gasteiger partial charge >= 0.3 is 17.1 Å². The minimum absolute atomic E-state index is 0. The lowest BCUT2D eigenvalue weighted by Gasteiger charge is -2.42. The monoisotopic (exact) mass is 591 g/mol. The first-order chi connectivity index (χ1) is 14.6. The molecule has 0 rings (SSSR count). The van der Waals surface area contributed by atoms with E-state index >= 15 is 0 Å². The van der Waals surface area contributed by atoms with Crippen molar-refractivity contribution < 1.29 is 17.1 Å². The van der Waals surface area contributed by atoms with Crippen LogP contribution in [0.25, 0.3) is 0 Å². The summed E-state index contributed by atoms with van der Waals surface area (Å²) in [5.74, 6) is -0.429. The van der Waals surface area contributed by atoms with Crippen LogP contribution in [0.5, 0.6) is 0 Å². The maximum atomic E-state index is 12.9. The van der Waals surface area contributed by atoms with E-state index in [2.05, 4.69) is 51.2 Å². The third kappa shape index (κ3) is 17.8. The second kappa shape index (κ2) is 17.3. The molecule has 1 atom stereocenters. The maximum Gasteiger partial charge on any atom is 0.347 e. The highest BCUT2D eigenvalue weighted by atomic mass is 28.5. The molecule has 0 spiro atoms. The molecule has 37 heavy (non-hydrogen) atoms. The fourth-order valence-corrected chi connectivity index (χ4v) is 20.4. The van der Waals surface area contributed by atoms with Crippen LogP contribution in [-0.4, -0.2) is 65.2 Å². The van der Waals surface area contributed by atoms with Gasteiger partial charge in [-0.1, -0.05) is 36.3 Å². The molecular formula is C26H61N3O4Si4. The van der Waals surface area contributed by atoms with Gasteiger partial charge < -0.3 is 22.6 Å². The normalized spacial score (nSPS) is 14.1. The Morgan fingerprint density at radius 2 is 1.32 bits per heavy atom. The van der Waals surface area contributed by atoms with Crippen molar-refractivity contribution in [3.8, 4) is 6.07 Å². The molecule has 0 bridgehead atoms. The second-order valence-corrected chi connectivity index (χ2v) is 27.3. The standard InChI is InChI=1S/C22H45N3O4Si4.4CH4/c1-18(17-25(4)5)20(3)21(15-23)22(26)24-16-19(2)33(14,28-31(9,10)11)29-32(12,13)27-30(6,7)8;;;;/h17H,2,16H2,1,3-14H3,(H,24,26);4*1H4/b18-17+,21-20+;;;;. The third-order valence-electron chi connectivity index (χ3n) is 4.36. The summed E-state index contributed by atoms with van der Waals surface area (Å²) < 4.78 is 19.6. The van der Waals surface area contributed by atoms with Gasteiger partial charge in [-0.2, -0.15) is 5.26 Å². The number of carbonyl (C=O) groups excluding carboxylic acids is 1. The van der Waals surface area contributed by atoms with Crippen LogP contribution in [0.2, 0.25) is 58.9 Å². The lowest BCUT2D eigenvalue weighted by molar-refractivity contribution is -0.117. The molecule has 11 heteroatoms. The van der Waals surface area contributed by atoms with E-state index in [9.17, 15) is 10.1 Å². The molecule has 0 aliphatic heterocycles. The van der Waals surface area contributed by atoms with Gasteiger partial charge in [0.1, 0.15) is 11.6 Å². The highest BCUT2D eigenvalue weighted by Crippen LogP contribution is 2.28. The SMILES string of the molecule is C.C.C.C.C=C(CNC(=O)/C(C#N)=C(C)/C(C)=C/N(C)C)[Si](C)(O[Si](C)(C)C)O[Si](C)(C)O[Si](C)(C)C. The van der Waals surface area contributed by atoms with E-state index in [1.165, 1.54) is 0 Å². The first kappa shape index (κ1) is 45.6. The third-order valence-corrected chi connectivity index (χ3v) is 17.8. The number of hydrogen-bond acceptors (Lipinski definition) is 6. The van der Waals surface area contributed by atoms with Gasteiger partial charge in [-0.05, 0) is 89.1 Å². The van der Waals surface area contributed by atoms with Crippen LogP contribution >= 0.6 is 0 Å². The quantitative estimate of drug-likeness (QED) is 0.109. The Morgan fingerprint density at radius 1 is 0.892 bits per heavy atom. The van der Waals surface area contributed by atoms with Gasteiger partial charge in [0.05, 0.1) is 0 Å². The lowest BCUT2D eigenvalue weighted by Crippen LogP contribution is -2.59. The Labute approximate surface area is 235 Å². The van der Waals surface area contributed by atoms with Crippen molar-refractivity contribution in [3.63, 3.8) is 0 Å². The van der Waals surface area contributed by atoms with Gasteiger partial charge in [-0.25, -0.2) is 0 Å². The van der Waals surface area contributed by atoms with Crippen LogP contribution in [-0.2, 0) is 17.1 Å². The van der Waals surface area contributed by atoms with Gasteiger partial charge in [0.25, 0.3) is 5.91 Å². The molecule has 1 N–H and O–H groups in total. The average Bonchev–Trinajstić information content (AvgIpc) is 2.54. The van der Waals surface area contributed by atoms with Crippen molar-refractivity contribution in [2.45, 2.75) is 102 Å². The number of nitrogens with zero attached hydrogens (tertiary/aromatic N) is 2. The van der Waals surface area contributed by atoms with Crippen LogP contribution in [0.1, 0.15) is 43.6 Å². The Bertz CT molecular complexity index is 836. The zero-order chi connectivity index (χ0) is 26.4. The summed E-state index contributed by atoms with van der Waals surface area (Å²) in [6.45, 7) is 26.9. The number of hydrogen-bond donors (Lipinski definition) is 1. The minimum atomic E-state index is -2.91. The highest BCUT2D eigenvalue weighted by molar-refractivity contribution is 6.92. The first-order valence-electron chi connectivity index (χ1n) is 11.2. The molecule has 0 aromatic rings. The number of rotatable bonds is 12. The molecule has 0 saturated carbocycles. The predicted octanol–water partition coefficient (Wildman–Crippen LogP) is 7.54. The van der Waals surface area contributed by atoms with Crippen LogP contribution < -0.4 is 5.32 Å². The summed E-state index contributed by atoms with van der Waals surface area (Å²) in [4.78, 5) is 14.7. The molecule has 0 aliphatic rings. The first-order valence-corrected chi connectivity index (χ1v) is 23.1. The van der Waals surface area contributed by atoms with Crippen molar-refractivity contribution in [3.05, 3.63) is 34.7 Å². The fraction of sp³-hybridized carbons (Fsp3) is 0.692. The molecule has 1 unspecified atom stereocenters. The van der Waals surface area contributed by atoms with Gasteiger partial charge in [0.2, 0.25) is 0 Å². The summed E-state index contributed by atoms with van der Waals surface area (Å²) in [6, 6.07) is 2.05. The average molecular weight is 592 g/mol. The zero-order valence-corrected chi connectivity index (χ0v) is 27.0. The van der Waals surface area contributed by atoms with E-state index in [4.69, 9.17) is 12.3 Å². The van der Waals surface area contributed by atoms with Gasteiger partial charge in [0, 0.05) is 26.8 Å². The Balaban J connectivity index is -0.000000853. The number of amides is 1. The molecule has 1 amide bonds. The van der Waals surface area contributed by atoms with E-state index < -0.39 is 39.7 Å². The van der Waals surface area contributed by atoms with Crippen LogP contribution in [0.3, 0.4) is 0 Å². The Hall–Kier alpha value is -1.27. The maximum absolute atomic E-state index is 12.9. The van der Waals surface area contributed by atoms with Crippen molar-refractivity contribution in [1.82, 2.24) is 10.2 Å². The van der Waals surface area contributed by atoms with E-state index in [1.54, 1.807) is 6.92 Å². The lowest BCUT2D eigenvalue weighted by atomic mass is 10.0. The van der Waals surface area contributed by atoms with Crippen molar-refractivity contribution in [1.29, 1.82) is 5.26 Å². The molecule has 0 aromatic heterocycles. The van der Waals surface area contributed by atoms with Crippen LogP contribution in [0.4, 0.5) is 0 Å². The van der Waals surface area contributed by atoms with Gasteiger partial charge in [-0.3, -0.25) is 4.79 Å². The summed E-state index contributed by atoms with van der Waals surface area (Å²) >= 11 is 0. The van der Waals surface area contributed by atoms with Gasteiger partial charge in [0.15, 0.2) is 16.6 Å². The van der Waals surface area contributed by atoms with Crippen molar-refractivity contribution in [2.75, 3.05) is 20.6 Å². The van der Waals surface area contributed by atoms with Gasteiger partial charge in [-0.15, -0.1) is 0 Å². The van der Waals surface area contributed by atoms with Crippen LogP contribution in [0, 0.1) is 11.3 Å². The molecule has 7 nitrogen and oxygen atoms in total. The van der Waals surface area contributed by atoms with E-state index in [0.717, 1.165) is 5.57 Å². The molecule has 0 aliphatic carbocycles. The molecular weight excluding hydrogens is 531 g/mol. The predicted molar refractivity (Wildman–Crippen MR) is 174 cm³/mol. The topological polar surface area (TPSA) is 83.8 Å².